The summed E-state index contributed by atoms with van der Waals surface area (Å²) in [5.74, 6) is 1.24. The zero-order chi connectivity index (χ0) is 5.28. The largest absolute Gasteiger partial charge is 0.173 e. The van der Waals surface area contributed by atoms with Crippen molar-refractivity contribution in [3.05, 3.63) is 0 Å². The molecule has 1 aliphatic rings. The maximum absolute atomic E-state index is 4.32. The van der Waals surface area contributed by atoms with Crippen LogP contribution in [0, 0.1) is 0 Å². The van der Waals surface area contributed by atoms with E-state index in [0.29, 0.717) is 5.25 Å². The third kappa shape index (κ3) is 1.24. The van der Waals surface area contributed by atoms with Crippen molar-refractivity contribution in [3.63, 3.8) is 0 Å². The van der Waals surface area contributed by atoms with Gasteiger partial charge in [-0.15, -0.1) is 23.5 Å². The maximum atomic E-state index is 4.32. The summed E-state index contributed by atoms with van der Waals surface area (Å²) in [6, 6.07) is 0. The average Bonchev–Trinajstić information content (AvgIpc) is 1.65. The molecule has 0 nitrogen and oxygen atoms in total. The molecule has 3 heteroatoms. The molecule has 7 heavy (non-hydrogen) atoms. The van der Waals surface area contributed by atoms with Gasteiger partial charge in [-0.25, -0.2) is 0 Å². The predicted molar refractivity (Wildman–Crippen MR) is 42.5 cm³/mol. The van der Waals surface area contributed by atoms with Crippen molar-refractivity contribution in [2.45, 2.75) is 9.83 Å². The van der Waals surface area contributed by atoms with Gasteiger partial charge in [-0.1, -0.05) is 0 Å². The Hall–Kier alpha value is 1.05. The fourth-order valence-electron chi connectivity index (χ4n) is 0.486. The third-order valence-electron chi connectivity index (χ3n) is 0.978. The summed E-state index contributed by atoms with van der Waals surface area (Å²) in [7, 11) is 0. The van der Waals surface area contributed by atoms with Crippen molar-refractivity contribution in [2.24, 2.45) is 0 Å². The summed E-state index contributed by atoms with van der Waals surface area (Å²) >= 11 is 8.22. The van der Waals surface area contributed by atoms with Crippen LogP contribution in [0.1, 0.15) is 0 Å². The van der Waals surface area contributed by atoms with Crippen LogP contribution < -0.4 is 0 Å². The number of rotatable bonds is 1. The summed E-state index contributed by atoms with van der Waals surface area (Å²) in [4.78, 5) is 0. The smallest absolute Gasteiger partial charge is 0.0624 e. The summed E-state index contributed by atoms with van der Waals surface area (Å²) in [6.07, 6.45) is 2.14. The van der Waals surface area contributed by atoms with Crippen molar-refractivity contribution >= 4 is 36.2 Å². The maximum Gasteiger partial charge on any atom is 0.0624 e. The fourth-order valence-corrected chi connectivity index (χ4v) is 3.22. The molecule has 0 saturated carbocycles. The molecule has 0 aromatic heterocycles. The van der Waals surface area contributed by atoms with Crippen LogP contribution >= 0.6 is 36.2 Å². The van der Waals surface area contributed by atoms with Gasteiger partial charge in [0, 0.05) is 11.0 Å². The first-order valence-electron chi connectivity index (χ1n) is 2.17. The van der Waals surface area contributed by atoms with Crippen molar-refractivity contribution < 1.29 is 0 Å². The Morgan fingerprint density at radius 1 is 1.86 bits per heavy atom. The molecule has 0 radical (unpaired) electrons. The fraction of sp³-hybridized carbons (Fsp3) is 1.00. The lowest BCUT2D eigenvalue weighted by atomic mass is 10.5. The molecule has 0 amide bonds. The van der Waals surface area contributed by atoms with Crippen LogP contribution in [0.2, 0.25) is 0 Å². The van der Waals surface area contributed by atoms with Gasteiger partial charge < -0.3 is 0 Å². The monoisotopic (exact) mass is 152 g/mol. The van der Waals surface area contributed by atoms with E-state index in [1.54, 1.807) is 0 Å². The van der Waals surface area contributed by atoms with Crippen molar-refractivity contribution in [1.82, 2.24) is 0 Å². The molecule has 1 fully saturated rings. The van der Waals surface area contributed by atoms with Crippen molar-refractivity contribution in [3.8, 4) is 0 Å². The molecule has 1 saturated heterocycles. The predicted octanol–water partition coefficient (Wildman–Crippen LogP) is 1.72. The molecule has 0 aliphatic carbocycles. The number of thioether (sulfide) groups is 2. The molecule has 42 valence electrons. The van der Waals surface area contributed by atoms with Crippen LogP contribution in [0.4, 0.5) is 0 Å². The highest BCUT2D eigenvalue weighted by molar-refractivity contribution is 8.19. The van der Waals surface area contributed by atoms with E-state index in [-0.39, 0.29) is 0 Å². The highest BCUT2D eigenvalue weighted by Gasteiger charge is 2.26. The standard InChI is InChI=1S/C4H8S3/c1-6-4-3(5)2-7-4/h3-5H,2H2,1H3. The van der Waals surface area contributed by atoms with Gasteiger partial charge in [0.15, 0.2) is 0 Å². The van der Waals surface area contributed by atoms with E-state index in [1.165, 1.54) is 5.75 Å². The molecule has 0 aromatic rings. The minimum atomic E-state index is 0.667. The van der Waals surface area contributed by atoms with E-state index in [4.69, 9.17) is 0 Å². The zero-order valence-electron chi connectivity index (χ0n) is 4.13. The number of thiol groups is 1. The van der Waals surface area contributed by atoms with Gasteiger partial charge in [0.2, 0.25) is 0 Å². The number of hydrogen-bond donors (Lipinski definition) is 1. The first kappa shape index (κ1) is 6.17. The van der Waals surface area contributed by atoms with Crippen LogP contribution in [0.25, 0.3) is 0 Å². The topological polar surface area (TPSA) is 0 Å². The van der Waals surface area contributed by atoms with E-state index < -0.39 is 0 Å². The van der Waals surface area contributed by atoms with Crippen LogP contribution in [-0.4, -0.2) is 21.8 Å². The molecule has 2 unspecified atom stereocenters. The number of hydrogen-bond acceptors (Lipinski definition) is 3. The van der Waals surface area contributed by atoms with Gasteiger partial charge in [-0.3, -0.25) is 0 Å². The van der Waals surface area contributed by atoms with Gasteiger partial charge in [0.25, 0.3) is 0 Å². The Morgan fingerprint density at radius 3 is 2.57 bits per heavy atom. The summed E-state index contributed by atoms with van der Waals surface area (Å²) in [5.41, 5.74) is 0. The second-order valence-corrected chi connectivity index (χ2v) is 4.62. The molecule has 1 aliphatic heterocycles. The SMILES string of the molecule is CSC1SCC1S. The van der Waals surface area contributed by atoms with Crippen LogP contribution in [0.15, 0.2) is 0 Å². The first-order valence-corrected chi connectivity index (χ1v) is 5.02. The minimum absolute atomic E-state index is 0.667. The first-order chi connectivity index (χ1) is 3.34. The van der Waals surface area contributed by atoms with Crippen molar-refractivity contribution in [2.75, 3.05) is 12.0 Å². The average molecular weight is 152 g/mol. The highest BCUT2D eigenvalue weighted by atomic mass is 32.2. The lowest BCUT2D eigenvalue weighted by molar-refractivity contribution is 1.04. The third-order valence-corrected chi connectivity index (χ3v) is 5.10. The molecule has 1 heterocycles. The lowest BCUT2D eigenvalue weighted by Gasteiger charge is -2.30. The Bertz CT molecular complexity index is 62.0. The molecule has 1 rings (SSSR count). The van der Waals surface area contributed by atoms with Crippen LogP contribution in [-0.2, 0) is 0 Å². The Kier molecular flexibility index (Phi) is 2.25. The minimum Gasteiger partial charge on any atom is -0.173 e. The van der Waals surface area contributed by atoms with E-state index in [9.17, 15) is 0 Å². The van der Waals surface area contributed by atoms with Gasteiger partial charge in [0.05, 0.1) is 4.58 Å². The van der Waals surface area contributed by atoms with E-state index in [0.717, 1.165) is 4.58 Å². The van der Waals surface area contributed by atoms with Crippen molar-refractivity contribution in [1.29, 1.82) is 0 Å². The molecule has 0 aromatic carbocycles. The molecule has 0 bridgehead atoms. The van der Waals surface area contributed by atoms with Crippen LogP contribution in [0.3, 0.4) is 0 Å². The molecular weight excluding hydrogens is 144 g/mol. The second kappa shape index (κ2) is 2.55. The molecule has 0 N–H and O–H groups in total. The molecular formula is C4H8S3. The summed E-state index contributed by atoms with van der Waals surface area (Å²) in [6.45, 7) is 0. The van der Waals surface area contributed by atoms with Crippen LogP contribution in [0.5, 0.6) is 0 Å². The van der Waals surface area contributed by atoms with E-state index in [2.05, 4.69) is 18.9 Å². The quantitative estimate of drug-likeness (QED) is 0.568. The van der Waals surface area contributed by atoms with E-state index in [1.807, 2.05) is 23.5 Å². The summed E-state index contributed by atoms with van der Waals surface area (Å²) in [5, 5.41) is 0.667. The van der Waals surface area contributed by atoms with Gasteiger partial charge in [-0.2, -0.15) is 12.6 Å². The van der Waals surface area contributed by atoms with Gasteiger partial charge >= 0.3 is 0 Å². The van der Waals surface area contributed by atoms with Gasteiger partial charge in [-0.05, 0) is 6.26 Å². The Labute approximate surface area is 58.2 Å². The second-order valence-electron chi connectivity index (χ2n) is 1.50. The van der Waals surface area contributed by atoms with Gasteiger partial charge in [0.1, 0.15) is 0 Å². The zero-order valence-corrected chi connectivity index (χ0v) is 6.65. The summed E-state index contributed by atoms with van der Waals surface area (Å²) < 4.78 is 0.781. The molecule has 0 spiro atoms. The normalized spacial score (nSPS) is 40.3. The van der Waals surface area contributed by atoms with E-state index >= 15 is 0 Å². The lowest BCUT2D eigenvalue weighted by Crippen LogP contribution is -2.27. The Balaban J connectivity index is 2.16. The molecule has 2 atom stereocenters. The highest BCUT2D eigenvalue weighted by Crippen LogP contribution is 2.38. The Morgan fingerprint density at radius 2 is 2.57 bits per heavy atom.